The van der Waals surface area contributed by atoms with Gasteiger partial charge in [-0.05, 0) is 30.9 Å². The van der Waals surface area contributed by atoms with Crippen LogP contribution < -0.4 is 14.8 Å². The second kappa shape index (κ2) is 9.83. The van der Waals surface area contributed by atoms with Crippen molar-refractivity contribution in [3.05, 3.63) is 46.6 Å². The number of carbonyl (C=O) groups is 1. The third-order valence-electron chi connectivity index (χ3n) is 4.48. The summed E-state index contributed by atoms with van der Waals surface area (Å²) < 4.78 is 11.4. The van der Waals surface area contributed by atoms with Crippen LogP contribution in [0.3, 0.4) is 0 Å². The number of rotatable bonds is 7. The van der Waals surface area contributed by atoms with Crippen LogP contribution in [-0.2, 0) is 6.42 Å². The van der Waals surface area contributed by atoms with Crippen molar-refractivity contribution in [1.29, 1.82) is 0 Å². The molecule has 9 heteroatoms. The van der Waals surface area contributed by atoms with Crippen molar-refractivity contribution >= 4 is 34.0 Å². The van der Waals surface area contributed by atoms with E-state index in [1.165, 1.54) is 17.5 Å². The standard InChI is InChI=1S/C23H27ClN4O3S/c1-7-17-21(31-12-23(3,4)5)32-22(27-17)28-20(29)16-10-25-13(2)8-14(16)15-9-19(24)26-11-18(15)30-6/h8-11H,7,12H2,1-6H3,(H,27,28,29). The molecule has 0 spiro atoms. The maximum atomic E-state index is 13.2. The van der Waals surface area contributed by atoms with Crippen LogP contribution in [0, 0.1) is 12.3 Å². The largest absolute Gasteiger partial charge is 0.494 e. The molecule has 0 aliphatic carbocycles. The molecule has 1 N–H and O–H groups in total. The summed E-state index contributed by atoms with van der Waals surface area (Å²) in [6.45, 7) is 10.7. The van der Waals surface area contributed by atoms with Crippen molar-refractivity contribution in [3.8, 4) is 21.9 Å². The van der Waals surface area contributed by atoms with Crippen molar-refractivity contribution in [1.82, 2.24) is 15.0 Å². The van der Waals surface area contributed by atoms with Crippen LogP contribution in [-0.4, -0.2) is 34.6 Å². The van der Waals surface area contributed by atoms with E-state index in [-0.39, 0.29) is 11.3 Å². The summed E-state index contributed by atoms with van der Waals surface area (Å²) in [7, 11) is 1.54. The lowest BCUT2D eigenvalue weighted by Crippen LogP contribution is -2.16. The van der Waals surface area contributed by atoms with E-state index in [0.29, 0.717) is 45.8 Å². The fraction of sp³-hybridized carbons (Fsp3) is 0.391. The number of anilines is 1. The fourth-order valence-corrected chi connectivity index (χ4v) is 3.99. The molecule has 0 radical (unpaired) electrons. The number of carbonyl (C=O) groups excluding carboxylic acids is 1. The number of nitrogens with one attached hydrogen (secondary N) is 1. The summed E-state index contributed by atoms with van der Waals surface area (Å²) >= 11 is 7.44. The molecular formula is C23H27ClN4O3S. The summed E-state index contributed by atoms with van der Waals surface area (Å²) in [6, 6.07) is 3.49. The zero-order valence-corrected chi connectivity index (χ0v) is 20.6. The first kappa shape index (κ1) is 23.9. The number of hydrogen-bond donors (Lipinski definition) is 1. The Labute approximate surface area is 197 Å². The monoisotopic (exact) mass is 474 g/mol. The molecule has 170 valence electrons. The molecule has 32 heavy (non-hydrogen) atoms. The molecular weight excluding hydrogens is 448 g/mol. The molecule has 0 atom stereocenters. The highest BCUT2D eigenvalue weighted by molar-refractivity contribution is 7.17. The van der Waals surface area contributed by atoms with Crippen LogP contribution in [0.2, 0.25) is 5.15 Å². The Morgan fingerprint density at radius 3 is 2.59 bits per heavy atom. The highest BCUT2D eigenvalue weighted by Crippen LogP contribution is 2.36. The van der Waals surface area contributed by atoms with Gasteiger partial charge in [-0.3, -0.25) is 15.1 Å². The maximum Gasteiger partial charge on any atom is 0.259 e. The lowest BCUT2D eigenvalue weighted by Gasteiger charge is -2.18. The Morgan fingerprint density at radius 1 is 1.19 bits per heavy atom. The Morgan fingerprint density at radius 2 is 1.94 bits per heavy atom. The van der Waals surface area contributed by atoms with E-state index in [1.54, 1.807) is 19.4 Å². The molecule has 0 saturated carbocycles. The summed E-state index contributed by atoms with van der Waals surface area (Å²) in [6.07, 6.45) is 3.78. The first-order valence-electron chi connectivity index (χ1n) is 10.2. The molecule has 0 fully saturated rings. The molecule has 0 bridgehead atoms. The van der Waals surface area contributed by atoms with Gasteiger partial charge in [-0.2, -0.15) is 0 Å². The average Bonchev–Trinajstić information content (AvgIpc) is 3.13. The molecule has 0 aliphatic rings. The fourth-order valence-electron chi connectivity index (χ4n) is 2.93. The third-order valence-corrected chi connectivity index (χ3v) is 5.61. The van der Waals surface area contributed by atoms with Crippen LogP contribution >= 0.6 is 22.9 Å². The van der Waals surface area contributed by atoms with E-state index in [2.05, 4.69) is 41.0 Å². The van der Waals surface area contributed by atoms with E-state index in [9.17, 15) is 4.79 Å². The van der Waals surface area contributed by atoms with Crippen LogP contribution in [0.5, 0.6) is 10.8 Å². The summed E-state index contributed by atoms with van der Waals surface area (Å²) in [5.74, 6) is 0.177. The quantitative estimate of drug-likeness (QED) is 0.435. The van der Waals surface area contributed by atoms with Gasteiger partial charge in [0.15, 0.2) is 10.2 Å². The second-order valence-corrected chi connectivity index (χ2v) is 9.84. The number of aryl methyl sites for hydroxylation is 2. The van der Waals surface area contributed by atoms with E-state index in [1.807, 2.05) is 19.9 Å². The average molecular weight is 475 g/mol. The number of aromatic nitrogens is 3. The van der Waals surface area contributed by atoms with Crippen molar-refractivity contribution in [2.75, 3.05) is 19.0 Å². The van der Waals surface area contributed by atoms with Gasteiger partial charge in [0.1, 0.15) is 10.9 Å². The van der Waals surface area contributed by atoms with Crippen LogP contribution in [0.1, 0.15) is 49.4 Å². The minimum absolute atomic E-state index is 0.0196. The Kier molecular flexibility index (Phi) is 7.36. The predicted octanol–water partition coefficient (Wildman–Crippen LogP) is 5.81. The summed E-state index contributed by atoms with van der Waals surface area (Å²) in [4.78, 5) is 26.1. The van der Waals surface area contributed by atoms with Crippen molar-refractivity contribution < 1.29 is 14.3 Å². The van der Waals surface area contributed by atoms with Gasteiger partial charge >= 0.3 is 0 Å². The van der Waals surface area contributed by atoms with Gasteiger partial charge in [-0.1, -0.05) is 50.6 Å². The number of methoxy groups -OCH3 is 1. The van der Waals surface area contributed by atoms with Crippen molar-refractivity contribution in [3.63, 3.8) is 0 Å². The minimum atomic E-state index is -0.332. The Hall–Kier alpha value is -2.71. The first-order valence-corrected chi connectivity index (χ1v) is 11.4. The van der Waals surface area contributed by atoms with E-state index in [4.69, 9.17) is 21.1 Å². The van der Waals surface area contributed by atoms with E-state index < -0.39 is 0 Å². The van der Waals surface area contributed by atoms with Crippen molar-refractivity contribution in [2.45, 2.75) is 41.0 Å². The molecule has 7 nitrogen and oxygen atoms in total. The molecule has 0 saturated heterocycles. The maximum absolute atomic E-state index is 13.2. The first-order chi connectivity index (χ1) is 15.1. The van der Waals surface area contributed by atoms with Crippen molar-refractivity contribution in [2.24, 2.45) is 5.41 Å². The van der Waals surface area contributed by atoms with Crippen LogP contribution in [0.15, 0.2) is 24.5 Å². The number of halogens is 1. The zero-order valence-electron chi connectivity index (χ0n) is 19.1. The van der Waals surface area contributed by atoms with Gasteiger partial charge in [-0.25, -0.2) is 9.97 Å². The Balaban J connectivity index is 1.93. The normalized spacial score (nSPS) is 11.3. The highest BCUT2D eigenvalue weighted by Gasteiger charge is 2.21. The van der Waals surface area contributed by atoms with E-state index >= 15 is 0 Å². The number of thiazole rings is 1. The predicted molar refractivity (Wildman–Crippen MR) is 128 cm³/mol. The highest BCUT2D eigenvalue weighted by atomic mass is 35.5. The molecule has 0 aromatic carbocycles. The second-order valence-electron chi connectivity index (χ2n) is 8.49. The number of pyridine rings is 2. The topological polar surface area (TPSA) is 86.2 Å². The van der Waals surface area contributed by atoms with Gasteiger partial charge in [0.2, 0.25) is 0 Å². The molecule has 0 unspecified atom stereocenters. The van der Waals surface area contributed by atoms with Crippen LogP contribution in [0.25, 0.3) is 11.1 Å². The Bertz CT molecular complexity index is 1120. The number of amides is 1. The van der Waals surface area contributed by atoms with Gasteiger partial charge < -0.3 is 9.47 Å². The van der Waals surface area contributed by atoms with Gasteiger partial charge in [0.25, 0.3) is 5.91 Å². The number of hydrogen-bond acceptors (Lipinski definition) is 7. The summed E-state index contributed by atoms with van der Waals surface area (Å²) in [5, 5.41) is 4.39. The molecule has 3 heterocycles. The SMILES string of the molecule is CCc1nc(NC(=O)c2cnc(C)cc2-c2cc(Cl)ncc2OC)sc1OCC(C)(C)C. The lowest BCUT2D eigenvalue weighted by atomic mass is 9.99. The third kappa shape index (κ3) is 5.75. The lowest BCUT2D eigenvalue weighted by molar-refractivity contribution is 0.102. The smallest absolute Gasteiger partial charge is 0.259 e. The molecule has 3 aromatic rings. The van der Waals surface area contributed by atoms with E-state index in [0.717, 1.165) is 16.5 Å². The summed E-state index contributed by atoms with van der Waals surface area (Å²) in [5.41, 5.74) is 3.28. The zero-order chi connectivity index (χ0) is 23.5. The van der Waals surface area contributed by atoms with Gasteiger partial charge in [-0.15, -0.1) is 0 Å². The number of nitrogens with zero attached hydrogens (tertiary/aromatic N) is 3. The molecule has 1 amide bonds. The van der Waals surface area contributed by atoms with Crippen LogP contribution in [0.4, 0.5) is 5.13 Å². The van der Waals surface area contributed by atoms with Gasteiger partial charge in [0, 0.05) is 23.0 Å². The minimum Gasteiger partial charge on any atom is -0.494 e. The van der Waals surface area contributed by atoms with Gasteiger partial charge in [0.05, 0.1) is 31.2 Å². The molecule has 0 aliphatic heterocycles. The number of ether oxygens (including phenoxy) is 2. The molecule has 3 rings (SSSR count). The molecule has 3 aromatic heterocycles.